The Morgan fingerprint density at radius 3 is 2.50 bits per heavy atom. The maximum Gasteiger partial charge on any atom is 0.343 e. The second kappa shape index (κ2) is 9.60. The number of hydrogen-bond donors (Lipinski definition) is 0. The van der Waals surface area contributed by atoms with Crippen molar-refractivity contribution in [1.29, 1.82) is 0 Å². The molecule has 0 aliphatic carbocycles. The van der Waals surface area contributed by atoms with Crippen molar-refractivity contribution in [2.24, 2.45) is 0 Å². The van der Waals surface area contributed by atoms with Crippen molar-refractivity contribution in [3.63, 3.8) is 0 Å². The van der Waals surface area contributed by atoms with E-state index in [0.717, 1.165) is 4.90 Å². The number of para-hydroxylation sites is 1. The van der Waals surface area contributed by atoms with Gasteiger partial charge in [-0.3, -0.25) is 19.3 Å². The van der Waals surface area contributed by atoms with E-state index >= 15 is 0 Å². The Hall–Kier alpha value is -3.10. The van der Waals surface area contributed by atoms with Crippen LogP contribution in [0.15, 0.2) is 53.4 Å². The monoisotopic (exact) mass is 445 g/mol. The van der Waals surface area contributed by atoms with Gasteiger partial charge in [-0.25, -0.2) is 4.79 Å². The van der Waals surface area contributed by atoms with Crippen LogP contribution in [0.2, 0.25) is 5.02 Å². The Labute approximate surface area is 181 Å². The fourth-order valence-electron chi connectivity index (χ4n) is 2.55. The molecule has 0 aromatic heterocycles. The van der Waals surface area contributed by atoms with Gasteiger partial charge in [-0.15, -0.1) is 0 Å². The summed E-state index contributed by atoms with van der Waals surface area (Å²) >= 11 is 6.53. The van der Waals surface area contributed by atoms with E-state index in [0.29, 0.717) is 27.9 Å². The molecule has 1 aliphatic heterocycles. The average molecular weight is 446 g/mol. The zero-order chi connectivity index (χ0) is 21.7. The van der Waals surface area contributed by atoms with Crippen molar-refractivity contribution in [3.05, 3.63) is 69.6 Å². The first kappa shape index (κ1) is 21.6. The lowest BCUT2D eigenvalue weighted by Gasteiger charge is -2.11. The van der Waals surface area contributed by atoms with Crippen molar-refractivity contribution < 1.29 is 28.7 Å². The van der Waals surface area contributed by atoms with E-state index in [1.165, 1.54) is 18.2 Å². The number of carbonyl (C=O) groups excluding carboxylic acids is 4. The third-order valence-corrected chi connectivity index (χ3v) is 5.11. The zero-order valence-corrected chi connectivity index (χ0v) is 17.4. The first-order valence-corrected chi connectivity index (χ1v) is 10.1. The molecular formula is C21H16ClNO6S. The summed E-state index contributed by atoms with van der Waals surface area (Å²) in [5.74, 6) is -1.66. The lowest BCUT2D eigenvalue weighted by molar-refractivity contribution is -0.145. The quantitative estimate of drug-likeness (QED) is 0.374. The maximum absolute atomic E-state index is 12.5. The van der Waals surface area contributed by atoms with Crippen molar-refractivity contribution in [2.45, 2.75) is 6.92 Å². The number of carbonyl (C=O) groups is 4. The molecule has 3 rings (SSSR count). The minimum atomic E-state index is -0.668. The van der Waals surface area contributed by atoms with Crippen molar-refractivity contribution in [3.8, 4) is 5.75 Å². The first-order valence-electron chi connectivity index (χ1n) is 8.86. The number of esters is 2. The Morgan fingerprint density at radius 2 is 1.80 bits per heavy atom. The van der Waals surface area contributed by atoms with Crippen LogP contribution in [0.3, 0.4) is 0 Å². The van der Waals surface area contributed by atoms with E-state index in [-0.39, 0.29) is 17.3 Å². The molecule has 154 valence electrons. The van der Waals surface area contributed by atoms with E-state index in [1.54, 1.807) is 43.3 Å². The number of halogens is 1. The van der Waals surface area contributed by atoms with Crippen molar-refractivity contribution in [2.75, 3.05) is 13.2 Å². The van der Waals surface area contributed by atoms with Gasteiger partial charge in [0.2, 0.25) is 0 Å². The molecule has 9 heteroatoms. The van der Waals surface area contributed by atoms with Gasteiger partial charge >= 0.3 is 11.9 Å². The van der Waals surface area contributed by atoms with E-state index in [2.05, 4.69) is 0 Å². The number of hydrogen-bond acceptors (Lipinski definition) is 7. The second-order valence-corrected chi connectivity index (χ2v) is 7.44. The highest BCUT2D eigenvalue weighted by Crippen LogP contribution is 2.34. The van der Waals surface area contributed by atoms with Gasteiger partial charge in [0, 0.05) is 10.6 Å². The molecule has 0 radical (unpaired) electrons. The smallest absolute Gasteiger partial charge is 0.343 e. The highest BCUT2D eigenvalue weighted by atomic mass is 35.5. The Balaban J connectivity index is 1.80. The van der Waals surface area contributed by atoms with Gasteiger partial charge in [-0.1, -0.05) is 29.8 Å². The number of ether oxygens (including phenoxy) is 2. The summed E-state index contributed by atoms with van der Waals surface area (Å²) in [5, 5.41) is -0.0829. The van der Waals surface area contributed by atoms with E-state index < -0.39 is 29.6 Å². The van der Waals surface area contributed by atoms with Gasteiger partial charge in [0.25, 0.3) is 11.1 Å². The van der Waals surface area contributed by atoms with E-state index in [1.807, 2.05) is 0 Å². The first-order chi connectivity index (χ1) is 14.4. The molecule has 0 atom stereocenters. The van der Waals surface area contributed by atoms with Crippen molar-refractivity contribution >= 4 is 52.5 Å². The summed E-state index contributed by atoms with van der Waals surface area (Å²) in [4.78, 5) is 49.6. The molecule has 0 spiro atoms. The lowest BCUT2D eigenvalue weighted by Crippen LogP contribution is -2.34. The molecule has 1 aliphatic rings. The van der Waals surface area contributed by atoms with Crippen molar-refractivity contribution in [1.82, 2.24) is 4.90 Å². The number of nitrogens with zero attached hydrogens (tertiary/aromatic N) is 1. The van der Waals surface area contributed by atoms with Crippen LogP contribution in [0, 0.1) is 0 Å². The highest BCUT2D eigenvalue weighted by Gasteiger charge is 2.36. The van der Waals surface area contributed by atoms with Gasteiger partial charge < -0.3 is 9.47 Å². The predicted molar refractivity (Wildman–Crippen MR) is 112 cm³/mol. The summed E-state index contributed by atoms with van der Waals surface area (Å²) in [7, 11) is 0. The number of rotatable bonds is 6. The van der Waals surface area contributed by atoms with E-state index in [9.17, 15) is 19.2 Å². The van der Waals surface area contributed by atoms with Gasteiger partial charge in [-0.05, 0) is 55.1 Å². The third-order valence-electron chi connectivity index (χ3n) is 3.95. The normalized spacial score (nSPS) is 14.9. The van der Waals surface area contributed by atoms with E-state index in [4.69, 9.17) is 21.1 Å². The van der Waals surface area contributed by atoms with Gasteiger partial charge in [0.05, 0.1) is 17.1 Å². The standard InChI is InChI=1S/C21H16ClNO6S/c1-2-28-18(24)12-23-19(25)17(30-21(23)27)11-14-5-3-4-6-16(14)29-20(26)13-7-9-15(22)10-8-13/h3-11H,2,12H2,1H3/b17-11-. The van der Waals surface area contributed by atoms with Gasteiger partial charge in [0.15, 0.2) is 0 Å². The van der Waals surface area contributed by atoms with Gasteiger partial charge in [0.1, 0.15) is 12.3 Å². The number of amides is 2. The summed E-state index contributed by atoms with van der Waals surface area (Å²) in [5.41, 5.74) is 0.741. The van der Waals surface area contributed by atoms with Crippen LogP contribution in [0.1, 0.15) is 22.8 Å². The molecular weight excluding hydrogens is 430 g/mol. The summed E-state index contributed by atoms with van der Waals surface area (Å²) in [6, 6.07) is 12.8. The molecule has 0 N–H and O–H groups in total. The molecule has 0 saturated carbocycles. The second-order valence-electron chi connectivity index (χ2n) is 6.01. The maximum atomic E-state index is 12.5. The minimum Gasteiger partial charge on any atom is -0.465 e. The fraction of sp³-hybridized carbons (Fsp3) is 0.143. The molecule has 1 heterocycles. The molecule has 0 bridgehead atoms. The molecule has 0 unspecified atom stereocenters. The molecule has 30 heavy (non-hydrogen) atoms. The third kappa shape index (κ3) is 5.08. The summed E-state index contributed by atoms with van der Waals surface area (Å²) < 4.78 is 10.2. The SMILES string of the molecule is CCOC(=O)CN1C(=O)S/C(=C\c2ccccc2OC(=O)c2ccc(Cl)cc2)C1=O. The molecule has 1 saturated heterocycles. The number of benzene rings is 2. The largest absolute Gasteiger partial charge is 0.465 e. The Morgan fingerprint density at radius 1 is 1.10 bits per heavy atom. The summed E-state index contributed by atoms with van der Waals surface area (Å²) in [6.45, 7) is 1.33. The topological polar surface area (TPSA) is 90.0 Å². The molecule has 2 aromatic carbocycles. The van der Waals surface area contributed by atoms with Gasteiger partial charge in [-0.2, -0.15) is 0 Å². The van der Waals surface area contributed by atoms with Crippen LogP contribution >= 0.6 is 23.4 Å². The van der Waals surface area contributed by atoms with Crippen LogP contribution in [0.5, 0.6) is 5.75 Å². The number of thioether (sulfide) groups is 1. The Kier molecular flexibility index (Phi) is 6.91. The number of imide groups is 1. The predicted octanol–water partition coefficient (Wildman–Crippen LogP) is 4.16. The molecule has 7 nitrogen and oxygen atoms in total. The van der Waals surface area contributed by atoms with Crippen LogP contribution in [-0.4, -0.2) is 41.1 Å². The fourth-order valence-corrected chi connectivity index (χ4v) is 3.51. The van der Waals surface area contributed by atoms with Crippen LogP contribution < -0.4 is 4.74 Å². The zero-order valence-electron chi connectivity index (χ0n) is 15.8. The van der Waals surface area contributed by atoms with Crippen LogP contribution in [0.4, 0.5) is 4.79 Å². The Bertz CT molecular complexity index is 1030. The molecule has 2 amide bonds. The molecule has 2 aromatic rings. The lowest BCUT2D eigenvalue weighted by atomic mass is 10.1. The minimum absolute atomic E-state index is 0.110. The molecule has 1 fully saturated rings. The summed E-state index contributed by atoms with van der Waals surface area (Å²) in [6.07, 6.45) is 1.44. The highest BCUT2D eigenvalue weighted by molar-refractivity contribution is 8.18. The van der Waals surface area contributed by atoms with Crippen LogP contribution in [-0.2, 0) is 14.3 Å². The van der Waals surface area contributed by atoms with Crippen LogP contribution in [0.25, 0.3) is 6.08 Å². The average Bonchev–Trinajstić information content (AvgIpc) is 2.97.